The standard InChI is InChI=1S/C40H42N3O6/c44-33-16-17-34(45)43(33)49-35(46)11-1-2-22-47-28-14-12-25(13-15-28)36-31-23-26-7-3-18-41-20-5-9-29(37(26)41)39(31)48-40-30-10-6-21-42-19-4-8-27(38(30)42)24-32(36)40/h12-15,23-24H,1-11,16-22H2/q+1. The van der Waals surface area contributed by atoms with Crippen molar-refractivity contribution >= 4 is 29.0 Å². The predicted molar refractivity (Wildman–Crippen MR) is 183 cm³/mol. The number of unbranched alkanes of at least 4 members (excludes halogenated alkanes) is 1. The summed E-state index contributed by atoms with van der Waals surface area (Å²) < 4.78 is 15.8. The SMILES string of the molecule is O=C(CCCCOc1ccc(C2=c3cc4c5c(c3Oc3c2cc2c6c3CCCN6CCC2)CCC[N+]=5CCC4)cc1)ON1C(=O)CCC1=O. The van der Waals surface area contributed by atoms with Gasteiger partial charge in [0.25, 0.3) is 11.8 Å². The lowest BCUT2D eigenvalue weighted by Gasteiger charge is -2.39. The molecule has 9 heteroatoms. The van der Waals surface area contributed by atoms with Crippen LogP contribution in [0.1, 0.15) is 91.2 Å². The van der Waals surface area contributed by atoms with E-state index >= 15 is 0 Å². The summed E-state index contributed by atoms with van der Waals surface area (Å²) in [6.45, 7) is 4.97. The average Bonchev–Trinajstić information content (AvgIpc) is 3.44. The lowest BCUT2D eigenvalue weighted by atomic mass is 9.82. The topological polar surface area (TPSA) is 88.4 Å². The average molecular weight is 661 g/mol. The number of carbonyl (C=O) groups excluding carboxylic acids is 3. The molecule has 0 atom stereocenters. The first-order chi connectivity index (χ1) is 24.0. The fourth-order valence-electron chi connectivity index (χ4n) is 8.91. The van der Waals surface area contributed by atoms with Crippen LogP contribution in [-0.2, 0) is 44.9 Å². The number of benzene rings is 3. The number of rotatable bonds is 8. The third kappa shape index (κ3) is 5.29. The van der Waals surface area contributed by atoms with Gasteiger partial charge in [0.05, 0.1) is 12.2 Å². The number of anilines is 1. The molecule has 1 saturated heterocycles. The van der Waals surface area contributed by atoms with Gasteiger partial charge < -0.3 is 19.2 Å². The Bertz CT molecular complexity index is 2010. The second kappa shape index (κ2) is 12.3. The quantitative estimate of drug-likeness (QED) is 0.159. The minimum absolute atomic E-state index is 0.0916. The summed E-state index contributed by atoms with van der Waals surface area (Å²) in [4.78, 5) is 43.1. The maximum atomic E-state index is 12.1. The van der Waals surface area contributed by atoms with Crippen molar-refractivity contribution in [2.24, 2.45) is 0 Å². The molecule has 6 heterocycles. The molecule has 0 spiro atoms. The molecule has 0 aliphatic carbocycles. The summed E-state index contributed by atoms with van der Waals surface area (Å²) in [6.07, 6.45) is 10.5. The number of fused-ring (bicyclic) bond motifs is 4. The number of imide groups is 1. The molecule has 2 amide bonds. The molecular formula is C40H42N3O6+. The number of carbonyl (C=O) groups is 3. The summed E-state index contributed by atoms with van der Waals surface area (Å²) in [7, 11) is 0. The van der Waals surface area contributed by atoms with Crippen molar-refractivity contribution in [2.45, 2.75) is 83.5 Å². The maximum absolute atomic E-state index is 12.1. The van der Waals surface area contributed by atoms with Gasteiger partial charge in [-0.2, -0.15) is 0 Å². The number of hydrogen-bond acceptors (Lipinski definition) is 7. The second-order valence-electron chi connectivity index (χ2n) is 14.2. The van der Waals surface area contributed by atoms with Gasteiger partial charge in [0.1, 0.15) is 30.3 Å². The van der Waals surface area contributed by atoms with Crippen LogP contribution in [0.15, 0.2) is 36.4 Å². The van der Waals surface area contributed by atoms with Crippen LogP contribution in [0.25, 0.3) is 5.57 Å². The smallest absolute Gasteiger partial charge is 0.333 e. The van der Waals surface area contributed by atoms with Crippen molar-refractivity contribution in [1.29, 1.82) is 0 Å². The summed E-state index contributed by atoms with van der Waals surface area (Å²) >= 11 is 0. The van der Waals surface area contributed by atoms with Gasteiger partial charge in [-0.25, -0.2) is 9.37 Å². The Morgan fingerprint density at radius 2 is 1.53 bits per heavy atom. The van der Waals surface area contributed by atoms with Gasteiger partial charge in [-0.3, -0.25) is 9.59 Å². The molecule has 0 bridgehead atoms. The zero-order valence-corrected chi connectivity index (χ0v) is 28.0. The Morgan fingerprint density at radius 3 is 2.35 bits per heavy atom. The molecule has 6 aliphatic heterocycles. The van der Waals surface area contributed by atoms with E-state index in [0.29, 0.717) is 24.5 Å². The van der Waals surface area contributed by atoms with Crippen molar-refractivity contribution < 1.29 is 28.7 Å². The predicted octanol–water partition coefficient (Wildman–Crippen LogP) is 4.28. The third-order valence-electron chi connectivity index (χ3n) is 11.1. The van der Waals surface area contributed by atoms with Crippen molar-refractivity contribution in [2.75, 3.05) is 37.7 Å². The summed E-state index contributed by atoms with van der Waals surface area (Å²) in [5.74, 6) is 1.41. The monoisotopic (exact) mass is 660 g/mol. The van der Waals surface area contributed by atoms with Crippen molar-refractivity contribution in [3.05, 3.63) is 80.4 Å². The summed E-state index contributed by atoms with van der Waals surface area (Å²) in [5, 5.41) is 3.26. The summed E-state index contributed by atoms with van der Waals surface area (Å²) in [5.41, 5.74) is 10.8. The Kier molecular flexibility index (Phi) is 7.66. The molecule has 49 heavy (non-hydrogen) atoms. The molecule has 0 unspecified atom stereocenters. The van der Waals surface area contributed by atoms with Crippen LogP contribution >= 0.6 is 0 Å². The van der Waals surface area contributed by atoms with E-state index in [0.717, 1.165) is 87.5 Å². The zero-order valence-electron chi connectivity index (χ0n) is 28.0. The lowest BCUT2D eigenvalue weighted by Crippen LogP contribution is -2.45. The molecule has 1 fully saturated rings. The zero-order chi connectivity index (χ0) is 33.1. The molecule has 0 N–H and O–H groups in total. The van der Waals surface area contributed by atoms with E-state index in [1.165, 1.54) is 62.5 Å². The van der Waals surface area contributed by atoms with Crippen LogP contribution < -0.4 is 29.5 Å². The van der Waals surface area contributed by atoms with Crippen LogP contribution in [0.2, 0.25) is 0 Å². The molecule has 9 nitrogen and oxygen atoms in total. The van der Waals surface area contributed by atoms with Crippen molar-refractivity contribution in [3.63, 3.8) is 0 Å². The number of hydrogen-bond donors (Lipinski definition) is 0. The van der Waals surface area contributed by atoms with Gasteiger partial charge in [-0.05, 0) is 86.8 Å². The Hall–Kier alpha value is -4.66. The van der Waals surface area contributed by atoms with Crippen LogP contribution in [0, 0.1) is 0 Å². The first-order valence-corrected chi connectivity index (χ1v) is 18.3. The lowest BCUT2D eigenvalue weighted by molar-refractivity contribution is -0.197. The van der Waals surface area contributed by atoms with Crippen LogP contribution in [0.4, 0.5) is 5.69 Å². The molecule has 3 aromatic rings. The second-order valence-corrected chi connectivity index (χ2v) is 14.2. The Balaban J connectivity index is 1.02. The normalized spacial score (nSPS) is 18.8. The largest absolute Gasteiger partial charge is 0.494 e. The molecule has 0 saturated carbocycles. The minimum Gasteiger partial charge on any atom is -0.494 e. The highest BCUT2D eigenvalue weighted by molar-refractivity contribution is 6.01. The van der Waals surface area contributed by atoms with Crippen LogP contribution in [0.5, 0.6) is 17.2 Å². The van der Waals surface area contributed by atoms with Gasteiger partial charge in [0.2, 0.25) is 5.36 Å². The van der Waals surface area contributed by atoms with E-state index in [-0.39, 0.29) is 19.3 Å². The van der Waals surface area contributed by atoms with Gasteiger partial charge in [0.15, 0.2) is 0 Å². The third-order valence-corrected chi connectivity index (χ3v) is 11.1. The highest BCUT2D eigenvalue weighted by Crippen LogP contribution is 2.48. The van der Waals surface area contributed by atoms with E-state index in [2.05, 4.69) is 33.7 Å². The first-order valence-electron chi connectivity index (χ1n) is 18.3. The number of ether oxygens (including phenoxy) is 2. The molecule has 0 aromatic heterocycles. The number of hydroxylamine groups is 2. The highest BCUT2D eigenvalue weighted by Gasteiger charge is 2.36. The molecule has 252 valence electrons. The van der Waals surface area contributed by atoms with E-state index in [1.54, 1.807) is 0 Å². The van der Waals surface area contributed by atoms with Crippen LogP contribution in [-0.4, -0.2) is 55.6 Å². The number of nitrogens with zero attached hydrogens (tertiary/aromatic N) is 3. The van der Waals surface area contributed by atoms with E-state index in [4.69, 9.17) is 14.3 Å². The first kappa shape index (κ1) is 30.4. The van der Waals surface area contributed by atoms with Crippen LogP contribution in [0.3, 0.4) is 0 Å². The summed E-state index contributed by atoms with van der Waals surface area (Å²) in [6, 6.07) is 13.3. The van der Waals surface area contributed by atoms with Gasteiger partial charge in [-0.15, -0.1) is 5.06 Å². The van der Waals surface area contributed by atoms with Gasteiger partial charge in [0, 0.05) is 78.4 Å². The highest BCUT2D eigenvalue weighted by atomic mass is 16.7. The van der Waals surface area contributed by atoms with Crippen molar-refractivity contribution in [3.8, 4) is 17.2 Å². The molecule has 6 aliphatic rings. The molecule has 3 aromatic carbocycles. The Morgan fingerprint density at radius 1 is 0.796 bits per heavy atom. The minimum atomic E-state index is -0.576. The van der Waals surface area contributed by atoms with Gasteiger partial charge >= 0.3 is 5.97 Å². The fraction of sp³-hybridized carbons (Fsp3) is 0.450. The Labute approximate surface area is 285 Å². The van der Waals surface area contributed by atoms with E-state index in [9.17, 15) is 14.4 Å². The molecule has 0 radical (unpaired) electrons. The van der Waals surface area contributed by atoms with E-state index < -0.39 is 17.8 Å². The number of amides is 2. The maximum Gasteiger partial charge on any atom is 0.333 e. The van der Waals surface area contributed by atoms with E-state index in [1.807, 2.05) is 12.1 Å². The fourth-order valence-corrected chi connectivity index (χ4v) is 8.91. The van der Waals surface area contributed by atoms with Crippen molar-refractivity contribution in [1.82, 2.24) is 9.64 Å². The van der Waals surface area contributed by atoms with Gasteiger partial charge in [-0.1, -0.05) is 12.1 Å². The molecular weight excluding hydrogens is 618 g/mol. The number of aryl methyl sites for hydroxylation is 2. The molecule has 9 rings (SSSR count).